The SMILES string of the molecule is COc1ccc(OC)c(CCC(=O)NCC(=O)Nc2ccc(F)c(F)c2)c1. The molecule has 2 N–H and O–H groups in total. The second-order valence-corrected chi connectivity index (χ2v) is 5.63. The van der Waals surface area contributed by atoms with Gasteiger partial charge >= 0.3 is 0 Å². The third kappa shape index (κ3) is 5.95. The number of amides is 2. The number of anilines is 1. The normalized spacial score (nSPS) is 10.2. The van der Waals surface area contributed by atoms with E-state index in [9.17, 15) is 18.4 Å². The minimum atomic E-state index is -1.07. The van der Waals surface area contributed by atoms with Crippen molar-refractivity contribution in [1.82, 2.24) is 5.32 Å². The van der Waals surface area contributed by atoms with Crippen LogP contribution in [0.3, 0.4) is 0 Å². The third-order valence-corrected chi connectivity index (χ3v) is 3.76. The lowest BCUT2D eigenvalue weighted by atomic mass is 10.1. The second-order valence-electron chi connectivity index (χ2n) is 5.63. The van der Waals surface area contributed by atoms with E-state index in [4.69, 9.17) is 9.47 Å². The summed E-state index contributed by atoms with van der Waals surface area (Å²) < 4.78 is 36.4. The summed E-state index contributed by atoms with van der Waals surface area (Å²) >= 11 is 0. The van der Waals surface area contributed by atoms with Crippen LogP contribution in [0.4, 0.5) is 14.5 Å². The molecular weight excluding hydrogens is 358 g/mol. The van der Waals surface area contributed by atoms with Crippen LogP contribution in [0.5, 0.6) is 11.5 Å². The van der Waals surface area contributed by atoms with Gasteiger partial charge in [0.05, 0.1) is 20.8 Å². The van der Waals surface area contributed by atoms with Crippen LogP contribution in [0, 0.1) is 11.6 Å². The Morgan fingerprint density at radius 2 is 1.74 bits per heavy atom. The van der Waals surface area contributed by atoms with Gasteiger partial charge in [-0.25, -0.2) is 8.78 Å². The maximum absolute atomic E-state index is 13.1. The molecule has 0 aliphatic heterocycles. The van der Waals surface area contributed by atoms with Crippen LogP contribution in [0.15, 0.2) is 36.4 Å². The van der Waals surface area contributed by atoms with Gasteiger partial charge in [0.15, 0.2) is 11.6 Å². The van der Waals surface area contributed by atoms with E-state index >= 15 is 0 Å². The fraction of sp³-hybridized carbons (Fsp3) is 0.263. The van der Waals surface area contributed by atoms with E-state index in [0.717, 1.165) is 17.7 Å². The fourth-order valence-electron chi connectivity index (χ4n) is 2.37. The summed E-state index contributed by atoms with van der Waals surface area (Å²) in [7, 11) is 3.08. The first-order chi connectivity index (χ1) is 12.9. The standard InChI is InChI=1S/C19H20F2N2O4/c1-26-14-5-7-17(27-2)12(9-14)3-8-18(24)22-11-19(25)23-13-4-6-15(20)16(21)10-13/h4-7,9-10H,3,8,11H2,1-2H3,(H,22,24)(H,23,25). The Bertz CT molecular complexity index is 827. The lowest BCUT2D eigenvalue weighted by Crippen LogP contribution is -2.33. The van der Waals surface area contributed by atoms with Gasteiger partial charge in [0.1, 0.15) is 11.5 Å². The maximum Gasteiger partial charge on any atom is 0.243 e. The molecule has 0 saturated carbocycles. The molecule has 0 radical (unpaired) electrons. The molecule has 2 aromatic carbocycles. The molecule has 144 valence electrons. The maximum atomic E-state index is 13.1. The molecular formula is C19H20F2N2O4. The van der Waals surface area contributed by atoms with Gasteiger partial charge in [-0.05, 0) is 42.3 Å². The lowest BCUT2D eigenvalue weighted by Gasteiger charge is -2.11. The summed E-state index contributed by atoms with van der Waals surface area (Å²) in [6.45, 7) is -0.285. The molecule has 0 aromatic heterocycles. The number of carbonyl (C=O) groups excluding carboxylic acids is 2. The van der Waals surface area contributed by atoms with Crippen molar-refractivity contribution >= 4 is 17.5 Å². The number of carbonyl (C=O) groups is 2. The fourth-order valence-corrected chi connectivity index (χ4v) is 2.37. The topological polar surface area (TPSA) is 76.7 Å². The average molecular weight is 378 g/mol. The van der Waals surface area contributed by atoms with Gasteiger partial charge in [0.25, 0.3) is 0 Å². The second kappa shape index (κ2) is 9.51. The van der Waals surface area contributed by atoms with Crippen molar-refractivity contribution in [2.45, 2.75) is 12.8 Å². The Kier molecular flexibility index (Phi) is 7.10. The zero-order chi connectivity index (χ0) is 19.8. The van der Waals surface area contributed by atoms with E-state index in [2.05, 4.69) is 10.6 Å². The highest BCUT2D eigenvalue weighted by atomic mass is 19.2. The van der Waals surface area contributed by atoms with Gasteiger partial charge in [-0.3, -0.25) is 9.59 Å². The minimum Gasteiger partial charge on any atom is -0.497 e. The van der Waals surface area contributed by atoms with E-state index in [0.29, 0.717) is 17.9 Å². The Morgan fingerprint density at radius 3 is 2.41 bits per heavy atom. The molecule has 0 aliphatic rings. The van der Waals surface area contributed by atoms with Crippen molar-refractivity contribution in [2.75, 3.05) is 26.1 Å². The summed E-state index contributed by atoms with van der Waals surface area (Å²) in [5.41, 5.74) is 0.910. The summed E-state index contributed by atoms with van der Waals surface area (Å²) in [4.78, 5) is 23.7. The number of nitrogens with one attached hydrogen (secondary N) is 2. The molecule has 6 nitrogen and oxygen atoms in total. The zero-order valence-electron chi connectivity index (χ0n) is 15.0. The number of hydrogen-bond acceptors (Lipinski definition) is 4. The van der Waals surface area contributed by atoms with Gasteiger partial charge < -0.3 is 20.1 Å². The first kappa shape index (κ1) is 20.2. The highest BCUT2D eigenvalue weighted by molar-refractivity contribution is 5.94. The Labute approximate surface area is 155 Å². The quantitative estimate of drug-likeness (QED) is 0.741. The number of aryl methyl sites for hydroxylation is 1. The zero-order valence-corrected chi connectivity index (χ0v) is 15.0. The number of rotatable bonds is 8. The van der Waals surface area contributed by atoms with E-state index in [-0.39, 0.29) is 24.6 Å². The smallest absolute Gasteiger partial charge is 0.243 e. The Balaban J connectivity index is 1.82. The van der Waals surface area contributed by atoms with E-state index in [1.54, 1.807) is 25.3 Å². The predicted molar refractivity (Wildman–Crippen MR) is 95.9 cm³/mol. The highest BCUT2D eigenvalue weighted by Crippen LogP contribution is 2.25. The van der Waals surface area contributed by atoms with Gasteiger partial charge in [-0.15, -0.1) is 0 Å². The molecule has 0 spiro atoms. The Hall–Kier alpha value is -3.16. The molecule has 0 bridgehead atoms. The number of hydrogen-bond donors (Lipinski definition) is 2. The molecule has 0 fully saturated rings. The largest absolute Gasteiger partial charge is 0.497 e. The molecule has 2 aromatic rings. The highest BCUT2D eigenvalue weighted by Gasteiger charge is 2.11. The molecule has 27 heavy (non-hydrogen) atoms. The van der Waals surface area contributed by atoms with Crippen molar-refractivity contribution < 1.29 is 27.8 Å². The average Bonchev–Trinajstić information content (AvgIpc) is 2.67. The molecule has 0 saturated heterocycles. The Morgan fingerprint density at radius 1 is 0.963 bits per heavy atom. The first-order valence-electron chi connectivity index (χ1n) is 8.15. The minimum absolute atomic E-state index is 0.106. The third-order valence-electron chi connectivity index (χ3n) is 3.76. The van der Waals surface area contributed by atoms with Crippen LogP contribution < -0.4 is 20.1 Å². The van der Waals surface area contributed by atoms with Crippen LogP contribution in [0.25, 0.3) is 0 Å². The van der Waals surface area contributed by atoms with Gasteiger partial charge in [-0.1, -0.05) is 0 Å². The van der Waals surface area contributed by atoms with Crippen LogP contribution in [-0.2, 0) is 16.0 Å². The molecule has 2 amide bonds. The molecule has 0 atom stereocenters. The van der Waals surface area contributed by atoms with E-state index in [1.165, 1.54) is 13.2 Å². The monoisotopic (exact) mass is 378 g/mol. The first-order valence-corrected chi connectivity index (χ1v) is 8.15. The molecule has 0 heterocycles. The number of halogens is 2. The van der Waals surface area contributed by atoms with Gasteiger partial charge in [0, 0.05) is 18.2 Å². The number of methoxy groups -OCH3 is 2. The summed E-state index contributed by atoms with van der Waals surface area (Å²) in [6.07, 6.45) is 0.541. The number of benzene rings is 2. The van der Waals surface area contributed by atoms with Crippen LogP contribution in [0.1, 0.15) is 12.0 Å². The molecule has 8 heteroatoms. The predicted octanol–water partition coefficient (Wildman–Crippen LogP) is 2.67. The van der Waals surface area contributed by atoms with Crippen LogP contribution >= 0.6 is 0 Å². The van der Waals surface area contributed by atoms with Gasteiger partial charge in [0.2, 0.25) is 11.8 Å². The van der Waals surface area contributed by atoms with Crippen molar-refractivity contribution in [2.24, 2.45) is 0 Å². The van der Waals surface area contributed by atoms with Gasteiger partial charge in [-0.2, -0.15) is 0 Å². The molecule has 0 unspecified atom stereocenters. The van der Waals surface area contributed by atoms with Crippen molar-refractivity contribution in [1.29, 1.82) is 0 Å². The summed E-state index contributed by atoms with van der Waals surface area (Å²) in [5, 5.41) is 4.85. The van der Waals surface area contributed by atoms with E-state index in [1.807, 2.05) is 0 Å². The molecule has 0 aliphatic carbocycles. The molecule has 2 rings (SSSR count). The summed E-state index contributed by atoms with van der Waals surface area (Å²) in [6, 6.07) is 8.29. The summed E-state index contributed by atoms with van der Waals surface area (Å²) in [5.74, 6) is -1.66. The lowest BCUT2D eigenvalue weighted by molar-refractivity contribution is -0.124. The van der Waals surface area contributed by atoms with Crippen molar-refractivity contribution in [3.63, 3.8) is 0 Å². The van der Waals surface area contributed by atoms with Crippen molar-refractivity contribution in [3.8, 4) is 11.5 Å². The van der Waals surface area contributed by atoms with Crippen molar-refractivity contribution in [3.05, 3.63) is 53.6 Å². The van der Waals surface area contributed by atoms with Crippen LogP contribution in [-0.4, -0.2) is 32.6 Å². The van der Waals surface area contributed by atoms with Crippen LogP contribution in [0.2, 0.25) is 0 Å². The number of ether oxygens (including phenoxy) is 2. The van der Waals surface area contributed by atoms with E-state index < -0.39 is 17.5 Å².